The molecule has 138 valence electrons. The second kappa shape index (κ2) is 8.40. The van der Waals surface area contributed by atoms with E-state index in [0.29, 0.717) is 41.6 Å². The Labute approximate surface area is 157 Å². The summed E-state index contributed by atoms with van der Waals surface area (Å²) in [6, 6.07) is 15.8. The predicted octanol–water partition coefficient (Wildman–Crippen LogP) is 4.52. The van der Waals surface area contributed by atoms with Gasteiger partial charge < -0.3 is 10.6 Å². The molecule has 0 radical (unpaired) electrons. The molecule has 2 aromatic carbocycles. The number of anilines is 3. The molecule has 2 N–H and O–H groups in total. The van der Waals surface area contributed by atoms with Gasteiger partial charge in [-0.3, -0.25) is 4.79 Å². The van der Waals surface area contributed by atoms with Gasteiger partial charge in [-0.05, 0) is 56.2 Å². The summed E-state index contributed by atoms with van der Waals surface area (Å²) in [5.41, 5.74) is 2.16. The largest absolute Gasteiger partial charge is 0.370 e. The standard InChI is InChI=1S/C21H21FN4O/c1-14(27)16-7-9-18(10-8-16)26-21-13-20(24-15(2)25-21)23-12-11-17-5-3-4-6-19(17)22/h3-10,13H,11-12H2,1-2H3,(H2,23,24,25,26). The van der Waals surface area contributed by atoms with E-state index >= 15 is 0 Å². The molecule has 3 rings (SSSR count). The minimum absolute atomic E-state index is 0.0285. The van der Waals surface area contributed by atoms with E-state index in [0.717, 1.165) is 5.69 Å². The van der Waals surface area contributed by atoms with Crippen molar-refractivity contribution >= 4 is 23.1 Å². The fourth-order valence-electron chi connectivity index (χ4n) is 2.68. The molecule has 0 aliphatic heterocycles. The normalized spacial score (nSPS) is 10.5. The molecule has 0 saturated carbocycles. The summed E-state index contributed by atoms with van der Waals surface area (Å²) >= 11 is 0. The van der Waals surface area contributed by atoms with Crippen LogP contribution in [0.4, 0.5) is 21.7 Å². The molecule has 0 aliphatic rings. The Kier molecular flexibility index (Phi) is 5.76. The molecule has 0 aliphatic carbocycles. The van der Waals surface area contributed by atoms with Gasteiger partial charge in [0.15, 0.2) is 5.78 Å². The molecule has 1 heterocycles. The minimum Gasteiger partial charge on any atom is -0.370 e. The van der Waals surface area contributed by atoms with Gasteiger partial charge >= 0.3 is 0 Å². The number of nitrogens with one attached hydrogen (secondary N) is 2. The van der Waals surface area contributed by atoms with Crippen LogP contribution in [-0.4, -0.2) is 22.3 Å². The van der Waals surface area contributed by atoms with E-state index < -0.39 is 0 Å². The minimum atomic E-state index is -0.200. The van der Waals surface area contributed by atoms with Gasteiger partial charge in [-0.1, -0.05) is 18.2 Å². The molecule has 0 amide bonds. The van der Waals surface area contributed by atoms with Crippen molar-refractivity contribution in [1.29, 1.82) is 0 Å². The van der Waals surface area contributed by atoms with Gasteiger partial charge in [0.05, 0.1) is 0 Å². The lowest BCUT2D eigenvalue weighted by Gasteiger charge is -2.11. The number of benzene rings is 2. The van der Waals surface area contributed by atoms with Gasteiger partial charge in [0.25, 0.3) is 0 Å². The van der Waals surface area contributed by atoms with Crippen LogP contribution in [0.25, 0.3) is 0 Å². The number of rotatable bonds is 7. The summed E-state index contributed by atoms with van der Waals surface area (Å²) < 4.78 is 13.7. The lowest BCUT2D eigenvalue weighted by molar-refractivity contribution is 0.101. The molecule has 27 heavy (non-hydrogen) atoms. The number of aryl methyl sites for hydroxylation is 1. The average molecular weight is 364 g/mol. The van der Waals surface area contributed by atoms with Gasteiger partial charge in [-0.25, -0.2) is 14.4 Å². The Morgan fingerprint density at radius 2 is 1.74 bits per heavy atom. The van der Waals surface area contributed by atoms with Gasteiger partial charge in [0.1, 0.15) is 23.3 Å². The topological polar surface area (TPSA) is 66.9 Å². The van der Waals surface area contributed by atoms with E-state index in [1.54, 1.807) is 30.3 Å². The summed E-state index contributed by atoms with van der Waals surface area (Å²) in [6.07, 6.45) is 0.561. The van der Waals surface area contributed by atoms with Crippen molar-refractivity contribution in [1.82, 2.24) is 9.97 Å². The van der Waals surface area contributed by atoms with Crippen molar-refractivity contribution in [2.24, 2.45) is 0 Å². The molecule has 0 saturated heterocycles. The fraction of sp³-hybridized carbons (Fsp3) is 0.190. The first kappa shape index (κ1) is 18.5. The lowest BCUT2D eigenvalue weighted by Crippen LogP contribution is -2.09. The zero-order chi connectivity index (χ0) is 19.2. The molecular formula is C21H21FN4O. The first-order valence-corrected chi connectivity index (χ1v) is 8.72. The maximum atomic E-state index is 13.7. The second-order valence-corrected chi connectivity index (χ2v) is 6.21. The second-order valence-electron chi connectivity index (χ2n) is 6.21. The van der Waals surface area contributed by atoms with Crippen LogP contribution in [0.15, 0.2) is 54.6 Å². The Bertz CT molecular complexity index is 941. The summed E-state index contributed by atoms with van der Waals surface area (Å²) in [5, 5.41) is 6.42. The van der Waals surface area contributed by atoms with E-state index in [9.17, 15) is 9.18 Å². The number of nitrogens with zero attached hydrogens (tertiary/aromatic N) is 2. The summed E-state index contributed by atoms with van der Waals surface area (Å²) in [5.74, 6) is 1.76. The number of hydrogen-bond acceptors (Lipinski definition) is 5. The third kappa shape index (κ3) is 5.10. The van der Waals surface area contributed by atoms with Crippen LogP contribution in [-0.2, 0) is 6.42 Å². The molecule has 0 unspecified atom stereocenters. The first-order chi connectivity index (χ1) is 13.0. The first-order valence-electron chi connectivity index (χ1n) is 8.72. The van der Waals surface area contributed by atoms with E-state index in [4.69, 9.17) is 0 Å². The zero-order valence-corrected chi connectivity index (χ0v) is 15.3. The number of carbonyl (C=O) groups is 1. The highest BCUT2D eigenvalue weighted by molar-refractivity contribution is 5.94. The van der Waals surface area contributed by atoms with E-state index in [1.165, 1.54) is 13.0 Å². The maximum absolute atomic E-state index is 13.7. The Balaban J connectivity index is 1.65. The van der Waals surface area contributed by atoms with E-state index in [2.05, 4.69) is 20.6 Å². The van der Waals surface area contributed by atoms with Crippen molar-refractivity contribution < 1.29 is 9.18 Å². The zero-order valence-electron chi connectivity index (χ0n) is 15.3. The van der Waals surface area contributed by atoms with Gasteiger partial charge in [-0.15, -0.1) is 0 Å². The van der Waals surface area contributed by atoms with Crippen molar-refractivity contribution in [3.05, 3.63) is 77.4 Å². The molecule has 6 heteroatoms. The van der Waals surface area contributed by atoms with Crippen LogP contribution in [0.3, 0.4) is 0 Å². The highest BCUT2D eigenvalue weighted by atomic mass is 19.1. The number of hydrogen-bond donors (Lipinski definition) is 2. The molecule has 3 aromatic rings. The van der Waals surface area contributed by atoms with Crippen LogP contribution in [0.1, 0.15) is 28.7 Å². The van der Waals surface area contributed by atoms with Crippen molar-refractivity contribution in [3.63, 3.8) is 0 Å². The third-order valence-electron chi connectivity index (χ3n) is 4.06. The fourth-order valence-corrected chi connectivity index (χ4v) is 2.68. The summed E-state index contributed by atoms with van der Waals surface area (Å²) in [7, 11) is 0. The Morgan fingerprint density at radius 1 is 1.04 bits per heavy atom. The van der Waals surface area contributed by atoms with Crippen LogP contribution in [0.2, 0.25) is 0 Å². The van der Waals surface area contributed by atoms with Crippen molar-refractivity contribution in [3.8, 4) is 0 Å². The van der Waals surface area contributed by atoms with E-state index in [1.807, 2.05) is 25.1 Å². The summed E-state index contributed by atoms with van der Waals surface area (Å²) in [6.45, 7) is 3.91. The SMILES string of the molecule is CC(=O)c1ccc(Nc2cc(NCCc3ccccc3F)nc(C)n2)cc1. The number of ketones is 1. The predicted molar refractivity (Wildman–Crippen MR) is 105 cm³/mol. The van der Waals surface area contributed by atoms with Crippen LogP contribution >= 0.6 is 0 Å². The lowest BCUT2D eigenvalue weighted by atomic mass is 10.1. The number of Topliss-reactive ketones (excluding diaryl/α,β-unsaturated/α-hetero) is 1. The number of aromatic nitrogens is 2. The average Bonchev–Trinajstić information content (AvgIpc) is 2.63. The monoisotopic (exact) mass is 364 g/mol. The van der Waals surface area contributed by atoms with Crippen LogP contribution < -0.4 is 10.6 Å². The Hall–Kier alpha value is -3.28. The maximum Gasteiger partial charge on any atom is 0.159 e. The highest BCUT2D eigenvalue weighted by Crippen LogP contribution is 2.18. The third-order valence-corrected chi connectivity index (χ3v) is 4.06. The highest BCUT2D eigenvalue weighted by Gasteiger charge is 2.05. The molecule has 5 nitrogen and oxygen atoms in total. The molecule has 0 atom stereocenters. The van der Waals surface area contributed by atoms with E-state index in [-0.39, 0.29) is 11.6 Å². The Morgan fingerprint density at radius 3 is 2.44 bits per heavy atom. The van der Waals surface area contributed by atoms with Gasteiger partial charge in [-0.2, -0.15) is 0 Å². The molecule has 1 aromatic heterocycles. The van der Waals surface area contributed by atoms with Gasteiger partial charge in [0.2, 0.25) is 0 Å². The van der Waals surface area contributed by atoms with Crippen LogP contribution in [0, 0.1) is 12.7 Å². The number of halogens is 1. The van der Waals surface area contributed by atoms with Crippen molar-refractivity contribution in [2.45, 2.75) is 20.3 Å². The molecular weight excluding hydrogens is 343 g/mol. The smallest absolute Gasteiger partial charge is 0.159 e. The van der Waals surface area contributed by atoms with Gasteiger partial charge in [0, 0.05) is 23.9 Å². The summed E-state index contributed by atoms with van der Waals surface area (Å²) in [4.78, 5) is 20.1. The quantitative estimate of drug-likeness (QED) is 0.603. The number of carbonyl (C=O) groups excluding carboxylic acids is 1. The molecule has 0 bridgehead atoms. The molecule has 0 spiro atoms. The molecule has 0 fully saturated rings. The van der Waals surface area contributed by atoms with Crippen LogP contribution in [0.5, 0.6) is 0 Å². The van der Waals surface area contributed by atoms with Crippen molar-refractivity contribution in [2.75, 3.05) is 17.2 Å².